The topological polar surface area (TPSA) is 169 Å². The number of ether oxygens (including phenoxy) is 3. The van der Waals surface area contributed by atoms with Gasteiger partial charge in [0.05, 0.1) is 12.7 Å². The highest BCUT2D eigenvalue weighted by Crippen LogP contribution is 2.28. The molecule has 0 saturated carbocycles. The summed E-state index contributed by atoms with van der Waals surface area (Å²) in [5, 5.41) is 67.7. The molecule has 2 saturated heterocycles. The van der Waals surface area contributed by atoms with E-state index in [4.69, 9.17) is 19.3 Å². The van der Waals surface area contributed by atoms with Gasteiger partial charge in [-0.15, -0.1) is 0 Å². The number of aliphatic hydroxyl groups excluding tert-OH is 7. The predicted molar refractivity (Wildman–Crippen MR) is 75.4 cm³/mol. The van der Waals surface area contributed by atoms with E-state index in [1.165, 1.54) is 0 Å². The molecule has 0 amide bonds. The van der Waals surface area contributed by atoms with Gasteiger partial charge in [0.2, 0.25) is 0 Å². The Hall–Kier alpha value is -0.0500. The van der Waals surface area contributed by atoms with Gasteiger partial charge in [0.15, 0.2) is 12.6 Å². The van der Waals surface area contributed by atoms with E-state index in [2.05, 4.69) is 12.6 Å². The lowest BCUT2D eigenvalue weighted by Crippen LogP contribution is -2.63. The Labute approximate surface area is 137 Å². The molecule has 0 aromatic carbocycles. The molecule has 2 aliphatic heterocycles. The number of aliphatic hydroxyl groups is 7. The molecular formula is C12H22O10S. The van der Waals surface area contributed by atoms with Crippen molar-refractivity contribution in [3.8, 4) is 0 Å². The van der Waals surface area contributed by atoms with Crippen molar-refractivity contribution in [3.63, 3.8) is 0 Å². The Morgan fingerprint density at radius 3 is 1.57 bits per heavy atom. The summed E-state index contributed by atoms with van der Waals surface area (Å²) in [6.07, 6.45) is -14.6. The number of rotatable bonds is 4. The van der Waals surface area contributed by atoms with E-state index in [1.54, 1.807) is 0 Å². The second kappa shape index (κ2) is 7.89. The maximum absolute atomic E-state index is 9.90. The van der Waals surface area contributed by atoms with Crippen molar-refractivity contribution in [2.75, 3.05) is 12.4 Å². The SMILES string of the molecule is OCC1O[C@H](O[C@H]2OC(CS)[C@@H](O)C(O)C2O)C(O)C(O)[C@@H]1O. The van der Waals surface area contributed by atoms with Gasteiger partial charge in [0.1, 0.15) is 42.7 Å². The molecule has 2 fully saturated rings. The zero-order chi connectivity index (χ0) is 17.3. The third-order valence-electron chi connectivity index (χ3n) is 3.97. The maximum Gasteiger partial charge on any atom is 0.189 e. The van der Waals surface area contributed by atoms with Crippen LogP contribution in [0.25, 0.3) is 0 Å². The minimum absolute atomic E-state index is 0.0273. The molecule has 136 valence electrons. The molecule has 11 heteroatoms. The number of hydrogen-bond donors (Lipinski definition) is 8. The van der Waals surface area contributed by atoms with Crippen LogP contribution < -0.4 is 0 Å². The number of thiol groups is 1. The zero-order valence-electron chi connectivity index (χ0n) is 12.0. The fourth-order valence-electron chi connectivity index (χ4n) is 2.49. The summed E-state index contributed by atoms with van der Waals surface area (Å²) in [6.45, 7) is -0.639. The lowest BCUT2D eigenvalue weighted by Gasteiger charge is -2.44. The van der Waals surface area contributed by atoms with Crippen LogP contribution in [0.3, 0.4) is 0 Å². The van der Waals surface area contributed by atoms with E-state index < -0.39 is 68.0 Å². The molecule has 10 atom stereocenters. The summed E-state index contributed by atoms with van der Waals surface area (Å²) in [4.78, 5) is 0. The maximum atomic E-state index is 9.90. The molecule has 2 aliphatic rings. The van der Waals surface area contributed by atoms with E-state index in [0.29, 0.717) is 0 Å². The molecule has 0 aromatic rings. The summed E-state index contributed by atoms with van der Waals surface area (Å²) in [5.41, 5.74) is 0. The molecule has 7 N–H and O–H groups in total. The highest BCUT2D eigenvalue weighted by atomic mass is 32.1. The van der Waals surface area contributed by atoms with Crippen molar-refractivity contribution in [1.82, 2.24) is 0 Å². The summed E-state index contributed by atoms with van der Waals surface area (Å²) < 4.78 is 15.6. The second-order valence-corrected chi connectivity index (χ2v) is 5.90. The molecule has 23 heavy (non-hydrogen) atoms. The summed E-state index contributed by atoms with van der Waals surface area (Å²) in [5.74, 6) is 0.0273. The van der Waals surface area contributed by atoms with Crippen LogP contribution >= 0.6 is 12.6 Å². The highest BCUT2D eigenvalue weighted by Gasteiger charge is 2.49. The van der Waals surface area contributed by atoms with Crippen molar-refractivity contribution in [1.29, 1.82) is 0 Å². The molecule has 0 bridgehead atoms. The number of hydrogen-bond acceptors (Lipinski definition) is 11. The van der Waals surface area contributed by atoms with Crippen LogP contribution in [0, 0.1) is 0 Å². The largest absolute Gasteiger partial charge is 0.394 e. The molecule has 2 heterocycles. The summed E-state index contributed by atoms with van der Waals surface area (Å²) in [7, 11) is 0. The van der Waals surface area contributed by atoms with Crippen molar-refractivity contribution in [3.05, 3.63) is 0 Å². The average Bonchev–Trinajstić information content (AvgIpc) is 2.55. The second-order valence-electron chi connectivity index (χ2n) is 5.53. The van der Waals surface area contributed by atoms with Crippen molar-refractivity contribution in [2.45, 2.75) is 61.4 Å². The standard InChI is InChI=1S/C12H22O10S/c13-1-3-5(14)7(16)9(18)11(20-3)22-12-10(19)8(17)6(15)4(2-23)21-12/h3-19,23H,1-2H2/t3?,4?,5-,6-,7?,8?,9?,10?,11-,12-/m1/s1. The predicted octanol–water partition coefficient (Wildman–Crippen LogP) is -4.46. The Morgan fingerprint density at radius 2 is 1.13 bits per heavy atom. The Bertz CT molecular complexity index is 349. The van der Waals surface area contributed by atoms with Crippen LogP contribution in [-0.2, 0) is 14.2 Å². The van der Waals surface area contributed by atoms with Gasteiger partial charge >= 0.3 is 0 Å². The molecule has 2 rings (SSSR count). The molecule has 0 spiro atoms. The monoisotopic (exact) mass is 358 g/mol. The van der Waals surface area contributed by atoms with Crippen LogP contribution in [-0.4, -0.2) is 110 Å². The van der Waals surface area contributed by atoms with E-state index in [9.17, 15) is 30.6 Å². The molecule has 0 radical (unpaired) electrons. The van der Waals surface area contributed by atoms with Crippen LogP contribution in [0.15, 0.2) is 0 Å². The van der Waals surface area contributed by atoms with Crippen LogP contribution in [0.5, 0.6) is 0 Å². The van der Waals surface area contributed by atoms with Crippen LogP contribution in [0.1, 0.15) is 0 Å². The Kier molecular flexibility index (Phi) is 6.61. The molecule has 6 unspecified atom stereocenters. The lowest BCUT2D eigenvalue weighted by atomic mass is 9.98. The van der Waals surface area contributed by atoms with E-state index in [1.807, 2.05) is 0 Å². The smallest absolute Gasteiger partial charge is 0.189 e. The molecular weight excluding hydrogens is 336 g/mol. The van der Waals surface area contributed by atoms with Crippen molar-refractivity contribution >= 4 is 12.6 Å². The summed E-state index contributed by atoms with van der Waals surface area (Å²) in [6, 6.07) is 0. The fraction of sp³-hybridized carbons (Fsp3) is 1.00. The van der Waals surface area contributed by atoms with Crippen LogP contribution in [0.2, 0.25) is 0 Å². The Morgan fingerprint density at radius 1 is 0.696 bits per heavy atom. The van der Waals surface area contributed by atoms with Crippen molar-refractivity contribution < 1.29 is 50.0 Å². The first-order valence-electron chi connectivity index (χ1n) is 7.08. The van der Waals surface area contributed by atoms with Gasteiger partial charge in [-0.25, -0.2) is 0 Å². The first-order valence-corrected chi connectivity index (χ1v) is 7.71. The van der Waals surface area contributed by atoms with Gasteiger partial charge < -0.3 is 50.0 Å². The molecule has 0 aromatic heterocycles. The zero-order valence-corrected chi connectivity index (χ0v) is 12.9. The first-order chi connectivity index (χ1) is 10.8. The minimum atomic E-state index is -1.68. The van der Waals surface area contributed by atoms with Gasteiger partial charge in [-0.1, -0.05) is 0 Å². The minimum Gasteiger partial charge on any atom is -0.394 e. The third kappa shape index (κ3) is 3.80. The summed E-state index contributed by atoms with van der Waals surface area (Å²) >= 11 is 3.95. The Balaban J connectivity index is 2.07. The van der Waals surface area contributed by atoms with Gasteiger partial charge in [-0.05, 0) is 0 Å². The first kappa shape index (κ1) is 19.3. The fourth-order valence-corrected chi connectivity index (χ4v) is 2.79. The van der Waals surface area contributed by atoms with E-state index in [-0.39, 0.29) is 5.75 Å². The normalized spacial score (nSPS) is 51.7. The molecule has 0 aliphatic carbocycles. The van der Waals surface area contributed by atoms with E-state index >= 15 is 0 Å². The molecule has 10 nitrogen and oxygen atoms in total. The quantitative estimate of drug-likeness (QED) is 0.229. The lowest BCUT2D eigenvalue weighted by molar-refractivity contribution is -0.373. The van der Waals surface area contributed by atoms with Gasteiger partial charge in [0, 0.05) is 5.75 Å². The van der Waals surface area contributed by atoms with E-state index in [0.717, 1.165) is 0 Å². The van der Waals surface area contributed by atoms with Gasteiger partial charge in [-0.3, -0.25) is 0 Å². The van der Waals surface area contributed by atoms with Gasteiger partial charge in [0.25, 0.3) is 0 Å². The van der Waals surface area contributed by atoms with Gasteiger partial charge in [-0.2, -0.15) is 12.6 Å². The highest BCUT2D eigenvalue weighted by molar-refractivity contribution is 7.80. The van der Waals surface area contributed by atoms with Crippen LogP contribution in [0.4, 0.5) is 0 Å². The average molecular weight is 358 g/mol. The third-order valence-corrected chi connectivity index (χ3v) is 4.33. The van der Waals surface area contributed by atoms with Crippen molar-refractivity contribution in [2.24, 2.45) is 0 Å².